The molecule has 1 aromatic carbocycles. The van der Waals surface area contributed by atoms with Gasteiger partial charge in [-0.15, -0.1) is 0 Å². The maximum Gasteiger partial charge on any atom is 0.0626 e. The van der Waals surface area contributed by atoms with Gasteiger partial charge in [-0.3, -0.25) is 9.89 Å². The third-order valence-corrected chi connectivity index (χ3v) is 2.44. The third kappa shape index (κ3) is 2.96. The number of hydrogen-bond donors (Lipinski definition) is 0. The Morgan fingerprint density at radius 1 is 1.14 bits per heavy atom. The normalized spacial score (nSPS) is 12.6. The van der Waals surface area contributed by atoms with Crippen molar-refractivity contribution < 1.29 is 0 Å². The van der Waals surface area contributed by atoms with Crippen molar-refractivity contribution in [3.8, 4) is 0 Å². The SMILES string of the molecule is CN(C)C(C)(C)C=Nc1ccccc1. The Hall–Kier alpha value is -1.15. The van der Waals surface area contributed by atoms with E-state index < -0.39 is 0 Å². The summed E-state index contributed by atoms with van der Waals surface area (Å²) in [6.07, 6.45) is 1.97. The molecule has 0 atom stereocenters. The molecule has 0 spiro atoms. The van der Waals surface area contributed by atoms with E-state index in [4.69, 9.17) is 0 Å². The van der Waals surface area contributed by atoms with Gasteiger partial charge in [-0.05, 0) is 40.1 Å². The Kier molecular flexibility index (Phi) is 3.42. The lowest BCUT2D eigenvalue weighted by Crippen LogP contribution is -2.39. The lowest BCUT2D eigenvalue weighted by Gasteiger charge is -2.27. The molecule has 0 aromatic heterocycles. The Morgan fingerprint density at radius 2 is 1.71 bits per heavy atom. The number of nitrogens with zero attached hydrogens (tertiary/aromatic N) is 2. The second-order valence-corrected chi connectivity index (χ2v) is 4.14. The standard InChI is InChI=1S/C12H18N2/c1-12(2,14(3)4)10-13-11-8-6-5-7-9-11/h5-10H,1-4H3. The van der Waals surface area contributed by atoms with Crippen LogP contribution in [0.25, 0.3) is 0 Å². The summed E-state index contributed by atoms with van der Waals surface area (Å²) in [5.74, 6) is 0. The summed E-state index contributed by atoms with van der Waals surface area (Å²) in [7, 11) is 4.11. The molecule has 0 aliphatic carbocycles. The molecule has 1 rings (SSSR count). The van der Waals surface area contributed by atoms with Crippen LogP contribution in [0.5, 0.6) is 0 Å². The number of aliphatic imine (C=N–C) groups is 1. The zero-order chi connectivity index (χ0) is 10.6. The van der Waals surface area contributed by atoms with Crippen molar-refractivity contribution in [2.24, 2.45) is 4.99 Å². The first kappa shape index (κ1) is 10.9. The minimum Gasteiger partial charge on any atom is -0.299 e. The van der Waals surface area contributed by atoms with Gasteiger partial charge in [0.25, 0.3) is 0 Å². The topological polar surface area (TPSA) is 15.6 Å². The minimum absolute atomic E-state index is 0.00413. The van der Waals surface area contributed by atoms with Crippen molar-refractivity contribution in [1.29, 1.82) is 0 Å². The second kappa shape index (κ2) is 4.38. The summed E-state index contributed by atoms with van der Waals surface area (Å²) < 4.78 is 0. The number of hydrogen-bond acceptors (Lipinski definition) is 2. The molecule has 0 amide bonds. The van der Waals surface area contributed by atoms with Gasteiger partial charge in [0, 0.05) is 6.21 Å². The van der Waals surface area contributed by atoms with Gasteiger partial charge in [-0.25, -0.2) is 0 Å². The van der Waals surface area contributed by atoms with E-state index in [0.717, 1.165) is 5.69 Å². The van der Waals surface area contributed by atoms with E-state index in [0.29, 0.717) is 0 Å². The predicted molar refractivity (Wildman–Crippen MR) is 62.4 cm³/mol. The highest BCUT2D eigenvalue weighted by molar-refractivity contribution is 5.72. The van der Waals surface area contributed by atoms with Gasteiger partial charge in [0.1, 0.15) is 0 Å². The summed E-state index contributed by atoms with van der Waals surface area (Å²) in [6.45, 7) is 4.28. The molecular formula is C12H18N2. The van der Waals surface area contributed by atoms with E-state index in [1.54, 1.807) is 0 Å². The molecule has 2 nitrogen and oxygen atoms in total. The van der Waals surface area contributed by atoms with Gasteiger partial charge >= 0.3 is 0 Å². The number of rotatable bonds is 3. The van der Waals surface area contributed by atoms with E-state index in [1.165, 1.54) is 0 Å². The molecule has 0 unspecified atom stereocenters. The zero-order valence-corrected chi connectivity index (χ0v) is 9.36. The molecule has 0 aliphatic heterocycles. The van der Waals surface area contributed by atoms with Gasteiger partial charge in [0.15, 0.2) is 0 Å². The molecule has 0 saturated carbocycles. The van der Waals surface area contributed by atoms with Crippen LogP contribution in [0.1, 0.15) is 13.8 Å². The molecule has 0 radical (unpaired) electrons. The molecule has 0 N–H and O–H groups in total. The van der Waals surface area contributed by atoms with Crippen molar-refractivity contribution in [2.75, 3.05) is 14.1 Å². The van der Waals surface area contributed by atoms with Crippen molar-refractivity contribution in [3.05, 3.63) is 30.3 Å². The largest absolute Gasteiger partial charge is 0.299 e. The van der Waals surface area contributed by atoms with Crippen LogP contribution >= 0.6 is 0 Å². The van der Waals surface area contributed by atoms with Crippen LogP contribution in [-0.4, -0.2) is 30.7 Å². The fraction of sp³-hybridized carbons (Fsp3) is 0.417. The van der Waals surface area contributed by atoms with Crippen molar-refractivity contribution in [3.63, 3.8) is 0 Å². The summed E-state index contributed by atoms with van der Waals surface area (Å²) in [4.78, 5) is 6.57. The van der Waals surface area contributed by atoms with E-state index in [-0.39, 0.29) is 5.54 Å². The molecule has 76 valence electrons. The van der Waals surface area contributed by atoms with Crippen LogP contribution in [0.4, 0.5) is 5.69 Å². The summed E-state index contributed by atoms with van der Waals surface area (Å²) in [5.41, 5.74) is 0.998. The van der Waals surface area contributed by atoms with Gasteiger partial charge in [0.05, 0.1) is 11.2 Å². The van der Waals surface area contributed by atoms with Crippen molar-refractivity contribution in [2.45, 2.75) is 19.4 Å². The summed E-state index contributed by atoms with van der Waals surface area (Å²) in [5, 5.41) is 0. The van der Waals surface area contributed by atoms with Crippen LogP contribution < -0.4 is 0 Å². The highest BCUT2D eigenvalue weighted by Crippen LogP contribution is 2.12. The Bertz CT molecular complexity index is 299. The Balaban J connectivity index is 2.74. The number of para-hydroxylation sites is 1. The molecule has 2 heteroatoms. The van der Waals surface area contributed by atoms with Crippen LogP contribution in [0.2, 0.25) is 0 Å². The van der Waals surface area contributed by atoms with Gasteiger partial charge < -0.3 is 0 Å². The van der Waals surface area contributed by atoms with Gasteiger partial charge in [0.2, 0.25) is 0 Å². The first-order chi connectivity index (χ1) is 6.52. The first-order valence-corrected chi connectivity index (χ1v) is 4.80. The molecule has 0 saturated heterocycles. The van der Waals surface area contributed by atoms with Gasteiger partial charge in [-0.2, -0.15) is 0 Å². The van der Waals surface area contributed by atoms with Gasteiger partial charge in [-0.1, -0.05) is 18.2 Å². The smallest absolute Gasteiger partial charge is 0.0626 e. The lowest BCUT2D eigenvalue weighted by atomic mass is 10.1. The van der Waals surface area contributed by atoms with Crippen LogP contribution in [0.3, 0.4) is 0 Å². The lowest BCUT2D eigenvalue weighted by molar-refractivity contribution is 0.280. The molecule has 0 aliphatic rings. The Labute approximate surface area is 86.3 Å². The molecule has 0 fully saturated rings. The number of benzene rings is 1. The monoisotopic (exact) mass is 190 g/mol. The van der Waals surface area contributed by atoms with E-state index in [9.17, 15) is 0 Å². The Morgan fingerprint density at radius 3 is 2.21 bits per heavy atom. The maximum atomic E-state index is 4.43. The molecule has 0 heterocycles. The fourth-order valence-electron chi connectivity index (χ4n) is 0.862. The van der Waals surface area contributed by atoms with E-state index in [1.807, 2.05) is 36.5 Å². The second-order valence-electron chi connectivity index (χ2n) is 4.14. The average molecular weight is 190 g/mol. The highest BCUT2D eigenvalue weighted by atomic mass is 15.1. The molecule has 14 heavy (non-hydrogen) atoms. The maximum absolute atomic E-state index is 4.43. The van der Waals surface area contributed by atoms with Crippen molar-refractivity contribution >= 4 is 11.9 Å². The fourth-order valence-corrected chi connectivity index (χ4v) is 0.862. The third-order valence-electron chi connectivity index (χ3n) is 2.44. The quantitative estimate of drug-likeness (QED) is 0.669. The van der Waals surface area contributed by atoms with Crippen molar-refractivity contribution in [1.82, 2.24) is 4.90 Å². The zero-order valence-electron chi connectivity index (χ0n) is 9.36. The highest BCUT2D eigenvalue weighted by Gasteiger charge is 2.16. The van der Waals surface area contributed by atoms with Crippen LogP contribution in [0.15, 0.2) is 35.3 Å². The summed E-state index contributed by atoms with van der Waals surface area (Å²) in [6, 6.07) is 9.99. The van der Waals surface area contributed by atoms with Crippen LogP contribution in [-0.2, 0) is 0 Å². The average Bonchev–Trinajstić information content (AvgIpc) is 2.16. The predicted octanol–water partition coefficient (Wildman–Crippen LogP) is 2.73. The van der Waals surface area contributed by atoms with E-state index >= 15 is 0 Å². The van der Waals surface area contributed by atoms with Crippen LogP contribution in [0, 0.1) is 0 Å². The molecular weight excluding hydrogens is 172 g/mol. The first-order valence-electron chi connectivity index (χ1n) is 4.80. The minimum atomic E-state index is -0.00413. The molecule has 0 bridgehead atoms. The summed E-state index contributed by atoms with van der Waals surface area (Å²) >= 11 is 0. The van der Waals surface area contributed by atoms with E-state index in [2.05, 4.69) is 37.8 Å². The molecule has 1 aromatic rings.